The van der Waals surface area contributed by atoms with E-state index in [1.807, 2.05) is 36.4 Å². The molecule has 13 nitrogen and oxygen atoms in total. The first-order chi connectivity index (χ1) is 18.4. The Labute approximate surface area is 217 Å². The number of nitrogens with two attached hydrogens (primary N) is 1. The summed E-state index contributed by atoms with van der Waals surface area (Å²) in [7, 11) is 3.04. The summed E-state index contributed by atoms with van der Waals surface area (Å²) in [5, 5.41) is 14.8. The summed E-state index contributed by atoms with van der Waals surface area (Å²) in [5.41, 5.74) is 11.2. The quantitative estimate of drug-likeness (QED) is 0.246. The van der Waals surface area contributed by atoms with Gasteiger partial charge in [-0.25, -0.2) is 0 Å². The molecule has 1 saturated heterocycles. The Hall–Kier alpha value is -4.36. The van der Waals surface area contributed by atoms with Crippen LogP contribution in [-0.4, -0.2) is 49.9 Å². The topological polar surface area (TPSA) is 190 Å². The summed E-state index contributed by atoms with van der Waals surface area (Å²) in [6.07, 6.45) is -0.797. The van der Waals surface area contributed by atoms with Gasteiger partial charge in [-0.2, -0.15) is 19.6 Å². The van der Waals surface area contributed by atoms with Gasteiger partial charge in [-0.3, -0.25) is 0 Å². The Kier molecular flexibility index (Phi) is 7.98. The average molecular weight is 522 g/mol. The lowest BCUT2D eigenvalue weighted by atomic mass is 9.83. The van der Waals surface area contributed by atoms with E-state index < -0.39 is 36.6 Å². The summed E-state index contributed by atoms with van der Waals surface area (Å²) in [5.74, 6) is -1.91. The summed E-state index contributed by atoms with van der Waals surface area (Å²) < 4.78 is 11.7. The molecule has 1 aliphatic rings. The van der Waals surface area contributed by atoms with Crippen LogP contribution in [0.5, 0.6) is 0 Å². The van der Waals surface area contributed by atoms with E-state index in [0.717, 1.165) is 28.2 Å². The van der Waals surface area contributed by atoms with Crippen molar-refractivity contribution in [3.8, 4) is 11.3 Å². The molecule has 1 aliphatic heterocycles. The lowest BCUT2D eigenvalue weighted by Crippen LogP contribution is -2.62. The molecule has 2 aromatic carbocycles. The van der Waals surface area contributed by atoms with E-state index >= 15 is 0 Å². The largest absolute Gasteiger partial charge is 0.399 e. The van der Waals surface area contributed by atoms with Gasteiger partial charge in [0.05, 0.1) is 0 Å². The SMILES string of the molecule is CNc1ccc(C2(OC)OC(CN=O)C(N=O)C(N=O)[C@H]2N=O)cc1Cc1ccc(-c2ccc(N)cc2)[nH]1. The van der Waals surface area contributed by atoms with Crippen LogP contribution in [0.2, 0.25) is 0 Å². The summed E-state index contributed by atoms with van der Waals surface area (Å²) >= 11 is 0. The van der Waals surface area contributed by atoms with Crippen LogP contribution in [0.3, 0.4) is 0 Å². The molecule has 0 amide bonds. The van der Waals surface area contributed by atoms with Gasteiger partial charge in [-0.1, -0.05) is 38.9 Å². The number of aromatic amines is 1. The van der Waals surface area contributed by atoms with Crippen molar-refractivity contribution >= 4 is 11.4 Å². The van der Waals surface area contributed by atoms with Gasteiger partial charge in [-0.05, 0) is 47.5 Å². The van der Waals surface area contributed by atoms with E-state index in [1.165, 1.54) is 7.11 Å². The first-order valence-corrected chi connectivity index (χ1v) is 11.8. The van der Waals surface area contributed by atoms with Crippen LogP contribution >= 0.6 is 0 Å². The second kappa shape index (κ2) is 11.4. The molecule has 0 radical (unpaired) electrons. The number of nitrogen functional groups attached to an aromatic ring is 1. The summed E-state index contributed by atoms with van der Waals surface area (Å²) in [6, 6.07) is 12.1. The van der Waals surface area contributed by atoms with Gasteiger partial charge in [0.15, 0.2) is 12.1 Å². The molecule has 5 atom stereocenters. The van der Waals surface area contributed by atoms with E-state index in [2.05, 4.69) is 31.0 Å². The molecular weight excluding hydrogens is 494 g/mol. The number of ether oxygens (including phenoxy) is 2. The molecule has 1 aromatic heterocycles. The van der Waals surface area contributed by atoms with Crippen LogP contribution in [-0.2, 0) is 21.7 Å². The number of aromatic nitrogens is 1. The van der Waals surface area contributed by atoms with Crippen molar-refractivity contribution in [2.45, 2.75) is 36.4 Å². The third-order valence-corrected chi connectivity index (χ3v) is 6.81. The van der Waals surface area contributed by atoms with Crippen molar-refractivity contribution in [2.75, 3.05) is 31.8 Å². The molecule has 2 heterocycles. The van der Waals surface area contributed by atoms with Gasteiger partial charge < -0.3 is 25.5 Å². The first kappa shape index (κ1) is 26.7. The van der Waals surface area contributed by atoms with Crippen molar-refractivity contribution in [2.24, 2.45) is 20.7 Å². The fourth-order valence-electron chi connectivity index (χ4n) is 4.90. The number of hydrogen-bond donors (Lipinski definition) is 3. The van der Waals surface area contributed by atoms with Crippen LogP contribution in [0.15, 0.2) is 75.3 Å². The number of methoxy groups -OCH3 is 1. The maximum atomic E-state index is 12.0. The van der Waals surface area contributed by atoms with Crippen LogP contribution in [0.25, 0.3) is 11.3 Å². The summed E-state index contributed by atoms with van der Waals surface area (Å²) in [6.45, 7) is -0.503. The Balaban J connectivity index is 1.74. The highest BCUT2D eigenvalue weighted by atomic mass is 16.7. The lowest BCUT2D eigenvalue weighted by molar-refractivity contribution is -0.291. The van der Waals surface area contributed by atoms with E-state index in [0.29, 0.717) is 17.7 Å². The van der Waals surface area contributed by atoms with E-state index in [1.54, 1.807) is 25.2 Å². The normalized spacial score (nSPS) is 24.9. The zero-order chi connectivity index (χ0) is 27.3. The van der Waals surface area contributed by atoms with E-state index in [-0.39, 0.29) is 0 Å². The fourth-order valence-corrected chi connectivity index (χ4v) is 4.90. The molecule has 0 aliphatic carbocycles. The molecule has 4 unspecified atom stereocenters. The number of anilines is 2. The van der Waals surface area contributed by atoms with E-state index in [4.69, 9.17) is 15.2 Å². The highest BCUT2D eigenvalue weighted by molar-refractivity contribution is 5.63. The molecule has 4 N–H and O–H groups in total. The third kappa shape index (κ3) is 4.80. The van der Waals surface area contributed by atoms with Crippen molar-refractivity contribution in [3.63, 3.8) is 0 Å². The molecule has 38 heavy (non-hydrogen) atoms. The molecular formula is C25H27N7O6. The number of nitrogens with one attached hydrogen (secondary N) is 2. The molecule has 1 fully saturated rings. The predicted octanol–water partition coefficient (Wildman–Crippen LogP) is 4.27. The minimum absolute atomic E-state index is 0.345. The van der Waals surface area contributed by atoms with E-state index in [9.17, 15) is 19.6 Å². The van der Waals surface area contributed by atoms with Gasteiger partial charge in [0.2, 0.25) is 5.79 Å². The average Bonchev–Trinajstić information content (AvgIpc) is 3.41. The number of hydrogen-bond acceptors (Lipinski definition) is 12. The standard InChI is InChI=1S/C25H27N7O6/c1-27-19-9-5-16(11-15(19)12-18-8-10-20(29-18)14-3-6-17(26)7-4-14)25(37-2)24(32-36)23(31-35)22(30-34)21(38-25)13-28-33/h3-11,21-24,27,29H,12-13,26H2,1-2H3/t21?,22?,23?,24-,25?/m1/s1. The zero-order valence-electron chi connectivity index (χ0n) is 20.7. The molecule has 0 saturated carbocycles. The maximum absolute atomic E-state index is 12.0. The molecule has 0 bridgehead atoms. The second-order valence-electron chi connectivity index (χ2n) is 8.90. The minimum Gasteiger partial charge on any atom is -0.399 e. The molecule has 13 heteroatoms. The monoisotopic (exact) mass is 521 g/mol. The molecule has 198 valence electrons. The molecule has 4 rings (SSSR count). The van der Waals surface area contributed by atoms with Crippen LogP contribution in [0.4, 0.5) is 11.4 Å². The number of rotatable bonds is 11. The van der Waals surface area contributed by atoms with Crippen LogP contribution in [0, 0.1) is 19.6 Å². The fraction of sp³-hybridized carbons (Fsp3) is 0.360. The van der Waals surface area contributed by atoms with Crippen molar-refractivity contribution in [1.82, 2.24) is 4.98 Å². The molecule has 0 spiro atoms. The number of benzene rings is 2. The highest BCUT2D eigenvalue weighted by Crippen LogP contribution is 2.44. The Bertz CT molecular complexity index is 1310. The highest BCUT2D eigenvalue weighted by Gasteiger charge is 2.59. The Morgan fingerprint density at radius 1 is 1.00 bits per heavy atom. The molecule has 3 aromatic rings. The number of nitroso groups, excluding NO2 is 4. The zero-order valence-corrected chi connectivity index (χ0v) is 20.7. The number of H-pyrrole nitrogens is 1. The van der Waals surface area contributed by atoms with Crippen molar-refractivity contribution in [3.05, 3.63) is 91.0 Å². The first-order valence-electron chi connectivity index (χ1n) is 11.8. The number of nitrogens with zero attached hydrogens (tertiary/aromatic N) is 4. The maximum Gasteiger partial charge on any atom is 0.224 e. The predicted molar refractivity (Wildman–Crippen MR) is 142 cm³/mol. The van der Waals surface area contributed by atoms with Gasteiger partial charge in [-0.15, -0.1) is 0 Å². The van der Waals surface area contributed by atoms with Crippen molar-refractivity contribution < 1.29 is 9.47 Å². The van der Waals surface area contributed by atoms with Crippen LogP contribution in [0.1, 0.15) is 16.8 Å². The minimum atomic E-state index is -1.91. The Morgan fingerprint density at radius 2 is 1.74 bits per heavy atom. The van der Waals surface area contributed by atoms with Gasteiger partial charge in [0.1, 0.15) is 18.7 Å². The smallest absolute Gasteiger partial charge is 0.224 e. The van der Waals surface area contributed by atoms with Gasteiger partial charge in [0.25, 0.3) is 0 Å². The third-order valence-electron chi connectivity index (χ3n) is 6.81. The Morgan fingerprint density at radius 3 is 2.34 bits per heavy atom. The lowest BCUT2D eigenvalue weighted by Gasteiger charge is -2.45. The van der Waals surface area contributed by atoms with Crippen molar-refractivity contribution in [1.29, 1.82) is 0 Å². The second-order valence-corrected chi connectivity index (χ2v) is 8.90. The van der Waals surface area contributed by atoms with Crippen LogP contribution < -0.4 is 11.1 Å². The summed E-state index contributed by atoms with van der Waals surface area (Å²) in [4.78, 5) is 49.7. The van der Waals surface area contributed by atoms with Gasteiger partial charge >= 0.3 is 0 Å². The van der Waals surface area contributed by atoms with Gasteiger partial charge in [0, 0.05) is 48.9 Å².